The molecule has 120 valence electrons. The summed E-state index contributed by atoms with van der Waals surface area (Å²) in [6, 6.07) is 11.2. The first-order chi connectivity index (χ1) is 11.1. The number of hydrogen-bond acceptors (Lipinski definition) is 3. The fourth-order valence-electron chi connectivity index (χ4n) is 1.93. The smallest absolute Gasteiger partial charge is 0.313 e. The van der Waals surface area contributed by atoms with Crippen molar-refractivity contribution in [1.82, 2.24) is 10.3 Å². The summed E-state index contributed by atoms with van der Waals surface area (Å²) in [5.74, 6) is -1.46. The van der Waals surface area contributed by atoms with Crippen LogP contribution in [0, 0.1) is 0 Å². The summed E-state index contributed by atoms with van der Waals surface area (Å²) >= 11 is 9.23. The van der Waals surface area contributed by atoms with E-state index in [0.717, 1.165) is 17.3 Å². The van der Waals surface area contributed by atoms with Crippen LogP contribution in [0.25, 0.3) is 0 Å². The van der Waals surface area contributed by atoms with Crippen molar-refractivity contribution in [3.8, 4) is 0 Å². The minimum absolute atomic E-state index is 0.142. The normalized spacial score (nSPS) is 10.2. The Balaban J connectivity index is 1.74. The van der Waals surface area contributed by atoms with Crippen molar-refractivity contribution in [3.63, 3.8) is 0 Å². The minimum atomic E-state index is -0.762. The summed E-state index contributed by atoms with van der Waals surface area (Å²) in [7, 11) is 0. The second kappa shape index (κ2) is 8.64. The van der Waals surface area contributed by atoms with E-state index in [1.807, 2.05) is 24.3 Å². The molecule has 0 unspecified atom stereocenters. The second-order valence-corrected chi connectivity index (χ2v) is 6.06. The summed E-state index contributed by atoms with van der Waals surface area (Å²) in [4.78, 5) is 27.3. The zero-order valence-corrected chi connectivity index (χ0v) is 14.5. The Hall–Kier alpha value is -1.92. The third-order valence-corrected chi connectivity index (χ3v) is 3.82. The number of amides is 2. The fourth-order valence-corrected chi connectivity index (χ4v) is 2.54. The van der Waals surface area contributed by atoms with Gasteiger partial charge in [0.1, 0.15) is 0 Å². The predicted molar refractivity (Wildman–Crippen MR) is 93.3 cm³/mol. The number of aryl methyl sites for hydroxylation is 1. The molecule has 2 rings (SSSR count). The van der Waals surface area contributed by atoms with Crippen LogP contribution in [0.1, 0.15) is 12.0 Å². The number of anilines is 1. The maximum Gasteiger partial charge on any atom is 0.313 e. The van der Waals surface area contributed by atoms with E-state index in [1.165, 1.54) is 11.8 Å². The summed E-state index contributed by atoms with van der Waals surface area (Å²) in [5.41, 5.74) is 1.48. The SMILES string of the molecule is O=C(NCCCc1cccc(Br)c1)C(=O)Nc1cccnc1Cl. The second-order valence-electron chi connectivity index (χ2n) is 4.79. The fraction of sp³-hybridized carbons (Fsp3) is 0.188. The van der Waals surface area contributed by atoms with Gasteiger partial charge in [-0.1, -0.05) is 39.7 Å². The number of benzene rings is 1. The molecule has 5 nitrogen and oxygen atoms in total. The molecule has 23 heavy (non-hydrogen) atoms. The molecule has 1 aromatic heterocycles. The van der Waals surface area contributed by atoms with E-state index < -0.39 is 11.8 Å². The molecule has 0 aliphatic rings. The maximum absolute atomic E-state index is 11.8. The molecule has 0 aliphatic carbocycles. The van der Waals surface area contributed by atoms with Gasteiger partial charge < -0.3 is 10.6 Å². The van der Waals surface area contributed by atoms with Crippen molar-refractivity contribution in [3.05, 3.63) is 57.8 Å². The van der Waals surface area contributed by atoms with Gasteiger partial charge in [-0.15, -0.1) is 0 Å². The molecule has 0 saturated heterocycles. The Morgan fingerprint density at radius 1 is 1.17 bits per heavy atom. The molecule has 0 saturated carbocycles. The molecule has 0 aliphatic heterocycles. The van der Waals surface area contributed by atoms with Crippen molar-refractivity contribution in [2.45, 2.75) is 12.8 Å². The lowest BCUT2D eigenvalue weighted by atomic mass is 10.1. The van der Waals surface area contributed by atoms with E-state index in [-0.39, 0.29) is 5.15 Å². The lowest BCUT2D eigenvalue weighted by molar-refractivity contribution is -0.136. The number of rotatable bonds is 5. The highest BCUT2D eigenvalue weighted by Crippen LogP contribution is 2.17. The van der Waals surface area contributed by atoms with Crippen LogP contribution in [-0.4, -0.2) is 23.3 Å². The topological polar surface area (TPSA) is 71.1 Å². The van der Waals surface area contributed by atoms with Crippen LogP contribution >= 0.6 is 27.5 Å². The molecular formula is C16H15BrClN3O2. The number of nitrogens with zero attached hydrogens (tertiary/aromatic N) is 1. The molecule has 0 bridgehead atoms. The molecule has 0 spiro atoms. The standard InChI is InChI=1S/C16H15BrClN3O2/c17-12-6-1-4-11(10-12)5-2-9-20-15(22)16(23)21-13-7-3-8-19-14(13)18/h1,3-4,6-8,10H,2,5,9H2,(H,20,22)(H,21,23). The van der Waals surface area contributed by atoms with E-state index in [9.17, 15) is 9.59 Å². The Morgan fingerprint density at radius 2 is 2.00 bits per heavy atom. The van der Waals surface area contributed by atoms with E-state index in [1.54, 1.807) is 12.1 Å². The first kappa shape index (κ1) is 17.4. The molecule has 1 aromatic carbocycles. The first-order valence-electron chi connectivity index (χ1n) is 7.00. The van der Waals surface area contributed by atoms with Crippen molar-refractivity contribution < 1.29 is 9.59 Å². The minimum Gasteiger partial charge on any atom is -0.348 e. The van der Waals surface area contributed by atoms with E-state index in [2.05, 4.69) is 31.5 Å². The van der Waals surface area contributed by atoms with Crippen LogP contribution in [0.2, 0.25) is 5.15 Å². The van der Waals surface area contributed by atoms with Crippen LogP contribution < -0.4 is 10.6 Å². The van der Waals surface area contributed by atoms with Gasteiger partial charge in [-0.25, -0.2) is 4.98 Å². The Morgan fingerprint density at radius 3 is 2.74 bits per heavy atom. The lowest BCUT2D eigenvalue weighted by Crippen LogP contribution is -2.36. The van der Waals surface area contributed by atoms with Gasteiger partial charge >= 0.3 is 11.8 Å². The predicted octanol–water partition coefficient (Wildman–Crippen LogP) is 3.19. The van der Waals surface area contributed by atoms with E-state index in [4.69, 9.17) is 11.6 Å². The number of carbonyl (C=O) groups is 2. The van der Waals surface area contributed by atoms with Gasteiger partial charge in [-0.3, -0.25) is 9.59 Å². The van der Waals surface area contributed by atoms with Crippen LogP contribution in [0.15, 0.2) is 47.1 Å². The van der Waals surface area contributed by atoms with Crippen LogP contribution in [0.4, 0.5) is 5.69 Å². The lowest BCUT2D eigenvalue weighted by Gasteiger charge is -2.07. The Labute approximate surface area is 147 Å². The molecule has 2 aromatic rings. The van der Waals surface area contributed by atoms with Crippen LogP contribution in [0.3, 0.4) is 0 Å². The molecular weight excluding hydrogens is 382 g/mol. The third kappa shape index (κ3) is 5.65. The summed E-state index contributed by atoms with van der Waals surface area (Å²) in [5, 5.41) is 5.15. The molecule has 0 atom stereocenters. The van der Waals surface area contributed by atoms with Gasteiger partial charge in [0.2, 0.25) is 0 Å². The Bertz CT molecular complexity index is 709. The quantitative estimate of drug-likeness (QED) is 0.463. The monoisotopic (exact) mass is 395 g/mol. The molecule has 1 heterocycles. The highest BCUT2D eigenvalue weighted by molar-refractivity contribution is 9.10. The first-order valence-corrected chi connectivity index (χ1v) is 8.17. The third-order valence-electron chi connectivity index (χ3n) is 3.03. The molecule has 2 amide bonds. The zero-order chi connectivity index (χ0) is 16.7. The van der Waals surface area contributed by atoms with Gasteiger partial charge in [0.15, 0.2) is 5.15 Å². The van der Waals surface area contributed by atoms with Crippen molar-refractivity contribution in [2.75, 3.05) is 11.9 Å². The van der Waals surface area contributed by atoms with Gasteiger partial charge in [-0.2, -0.15) is 0 Å². The Kier molecular flexibility index (Phi) is 6.55. The molecule has 7 heteroatoms. The van der Waals surface area contributed by atoms with Crippen molar-refractivity contribution in [2.24, 2.45) is 0 Å². The number of nitrogens with one attached hydrogen (secondary N) is 2. The number of aromatic nitrogens is 1. The van der Waals surface area contributed by atoms with Crippen molar-refractivity contribution >= 4 is 45.0 Å². The van der Waals surface area contributed by atoms with Crippen LogP contribution in [0.5, 0.6) is 0 Å². The largest absolute Gasteiger partial charge is 0.348 e. The number of hydrogen-bond donors (Lipinski definition) is 2. The highest BCUT2D eigenvalue weighted by Gasteiger charge is 2.14. The van der Waals surface area contributed by atoms with E-state index in [0.29, 0.717) is 12.2 Å². The average molecular weight is 397 g/mol. The summed E-state index contributed by atoms with van der Waals surface area (Å²) < 4.78 is 1.02. The van der Waals surface area contributed by atoms with Gasteiger partial charge in [-0.05, 0) is 42.7 Å². The molecule has 2 N–H and O–H groups in total. The highest BCUT2D eigenvalue weighted by atomic mass is 79.9. The van der Waals surface area contributed by atoms with Crippen molar-refractivity contribution in [1.29, 1.82) is 0 Å². The molecule has 0 fully saturated rings. The van der Waals surface area contributed by atoms with E-state index >= 15 is 0 Å². The summed E-state index contributed by atoms with van der Waals surface area (Å²) in [6.07, 6.45) is 3.05. The van der Waals surface area contributed by atoms with Gasteiger partial charge in [0, 0.05) is 17.2 Å². The number of halogens is 2. The number of carbonyl (C=O) groups excluding carboxylic acids is 2. The van der Waals surface area contributed by atoms with Crippen LogP contribution in [-0.2, 0) is 16.0 Å². The van der Waals surface area contributed by atoms with Gasteiger partial charge in [0.05, 0.1) is 5.69 Å². The van der Waals surface area contributed by atoms with Gasteiger partial charge in [0.25, 0.3) is 0 Å². The molecule has 0 radical (unpaired) electrons. The maximum atomic E-state index is 11.8. The zero-order valence-electron chi connectivity index (χ0n) is 12.2. The summed E-state index contributed by atoms with van der Waals surface area (Å²) in [6.45, 7) is 0.416. The number of pyridine rings is 1. The average Bonchev–Trinajstić information content (AvgIpc) is 2.53.